The van der Waals surface area contributed by atoms with E-state index in [4.69, 9.17) is 0 Å². The van der Waals surface area contributed by atoms with Gasteiger partial charge in [0.25, 0.3) is 0 Å². The molecule has 1 aromatic rings. The van der Waals surface area contributed by atoms with Gasteiger partial charge in [-0.1, -0.05) is 13.8 Å². The standard InChI is InChI=1S/C16H24F2N2S/c1-3-19-16(13-8-14(17)10-15(18)9-13)4-5-20-6-7-21-12(2)11-20/h8-10,12,16,19H,3-7,11H2,1-2H3. The van der Waals surface area contributed by atoms with E-state index in [9.17, 15) is 8.78 Å². The van der Waals surface area contributed by atoms with Crippen molar-refractivity contribution in [3.8, 4) is 0 Å². The predicted molar refractivity (Wildman–Crippen MR) is 85.8 cm³/mol. The van der Waals surface area contributed by atoms with E-state index in [-0.39, 0.29) is 6.04 Å². The number of nitrogens with zero attached hydrogens (tertiary/aromatic N) is 1. The van der Waals surface area contributed by atoms with Crippen molar-refractivity contribution in [1.29, 1.82) is 0 Å². The van der Waals surface area contributed by atoms with Gasteiger partial charge in [0.05, 0.1) is 0 Å². The van der Waals surface area contributed by atoms with Crippen molar-refractivity contribution in [2.45, 2.75) is 31.6 Å². The molecule has 5 heteroatoms. The molecule has 118 valence electrons. The molecule has 2 atom stereocenters. The third kappa shape index (κ3) is 5.24. The second kappa shape index (κ2) is 8.11. The fraction of sp³-hybridized carbons (Fsp3) is 0.625. The van der Waals surface area contributed by atoms with E-state index in [0.29, 0.717) is 10.8 Å². The van der Waals surface area contributed by atoms with Gasteiger partial charge in [0.2, 0.25) is 0 Å². The minimum atomic E-state index is -0.504. The average Bonchev–Trinajstić information content (AvgIpc) is 2.42. The van der Waals surface area contributed by atoms with Crippen LogP contribution in [0.4, 0.5) is 8.78 Å². The Hall–Kier alpha value is -0.650. The van der Waals surface area contributed by atoms with Crippen molar-refractivity contribution in [2.24, 2.45) is 0 Å². The first kappa shape index (κ1) is 16.7. The minimum absolute atomic E-state index is 0.00471. The summed E-state index contributed by atoms with van der Waals surface area (Å²) < 4.78 is 26.8. The van der Waals surface area contributed by atoms with Gasteiger partial charge < -0.3 is 10.2 Å². The SMILES string of the molecule is CCNC(CCN1CCSC(C)C1)c1cc(F)cc(F)c1. The Morgan fingerprint density at radius 2 is 2.05 bits per heavy atom. The van der Waals surface area contributed by atoms with Gasteiger partial charge in [-0.3, -0.25) is 0 Å². The van der Waals surface area contributed by atoms with Crippen LogP contribution in [0.3, 0.4) is 0 Å². The van der Waals surface area contributed by atoms with Crippen LogP contribution in [0.5, 0.6) is 0 Å². The van der Waals surface area contributed by atoms with Gasteiger partial charge in [-0.05, 0) is 30.7 Å². The van der Waals surface area contributed by atoms with Crippen LogP contribution in [-0.4, -0.2) is 42.1 Å². The first-order valence-electron chi connectivity index (χ1n) is 7.61. The van der Waals surface area contributed by atoms with E-state index in [1.807, 2.05) is 18.7 Å². The lowest BCUT2D eigenvalue weighted by molar-refractivity contribution is 0.267. The molecule has 21 heavy (non-hydrogen) atoms. The molecule has 0 aliphatic carbocycles. The highest BCUT2D eigenvalue weighted by atomic mass is 32.2. The van der Waals surface area contributed by atoms with Crippen LogP contribution in [0.2, 0.25) is 0 Å². The number of hydrogen-bond donors (Lipinski definition) is 1. The smallest absolute Gasteiger partial charge is 0.126 e. The van der Waals surface area contributed by atoms with Crippen molar-refractivity contribution in [1.82, 2.24) is 10.2 Å². The molecular weight excluding hydrogens is 290 g/mol. The summed E-state index contributed by atoms with van der Waals surface area (Å²) in [7, 11) is 0. The van der Waals surface area contributed by atoms with E-state index in [1.54, 1.807) is 0 Å². The van der Waals surface area contributed by atoms with Crippen LogP contribution in [-0.2, 0) is 0 Å². The van der Waals surface area contributed by atoms with Gasteiger partial charge in [-0.15, -0.1) is 0 Å². The zero-order chi connectivity index (χ0) is 15.2. The molecule has 0 saturated carbocycles. The molecule has 1 heterocycles. The molecule has 0 aromatic heterocycles. The van der Waals surface area contributed by atoms with Gasteiger partial charge in [0.1, 0.15) is 11.6 Å². The van der Waals surface area contributed by atoms with Gasteiger partial charge in [0.15, 0.2) is 0 Å². The molecule has 1 aliphatic heterocycles. The van der Waals surface area contributed by atoms with Gasteiger partial charge in [-0.2, -0.15) is 11.8 Å². The Balaban J connectivity index is 1.98. The Morgan fingerprint density at radius 1 is 1.33 bits per heavy atom. The largest absolute Gasteiger partial charge is 0.310 e. The lowest BCUT2D eigenvalue weighted by atomic mass is 10.0. The maximum Gasteiger partial charge on any atom is 0.126 e. The average molecular weight is 314 g/mol. The topological polar surface area (TPSA) is 15.3 Å². The molecule has 0 bridgehead atoms. The first-order chi connectivity index (χ1) is 10.1. The van der Waals surface area contributed by atoms with Crippen molar-refractivity contribution in [2.75, 3.05) is 31.9 Å². The summed E-state index contributed by atoms with van der Waals surface area (Å²) in [4.78, 5) is 2.45. The van der Waals surface area contributed by atoms with Crippen LogP contribution in [0.1, 0.15) is 31.9 Å². The summed E-state index contributed by atoms with van der Waals surface area (Å²) in [6.45, 7) is 8.21. The number of halogens is 2. The maximum atomic E-state index is 13.4. The fourth-order valence-electron chi connectivity index (χ4n) is 2.81. The molecular formula is C16H24F2N2S. The van der Waals surface area contributed by atoms with E-state index < -0.39 is 11.6 Å². The lowest BCUT2D eigenvalue weighted by Gasteiger charge is -2.31. The Bertz CT molecular complexity index is 436. The molecule has 1 N–H and O–H groups in total. The minimum Gasteiger partial charge on any atom is -0.310 e. The van der Waals surface area contributed by atoms with Crippen molar-refractivity contribution < 1.29 is 8.78 Å². The fourth-order valence-corrected chi connectivity index (χ4v) is 3.90. The molecule has 1 fully saturated rings. The quantitative estimate of drug-likeness (QED) is 0.866. The summed E-state index contributed by atoms with van der Waals surface area (Å²) in [6.07, 6.45) is 0.869. The van der Waals surface area contributed by atoms with Crippen molar-refractivity contribution in [3.05, 3.63) is 35.4 Å². The number of hydrogen-bond acceptors (Lipinski definition) is 3. The zero-order valence-corrected chi connectivity index (χ0v) is 13.6. The van der Waals surface area contributed by atoms with Crippen LogP contribution in [0, 0.1) is 11.6 Å². The zero-order valence-electron chi connectivity index (χ0n) is 12.7. The van der Waals surface area contributed by atoms with Crippen LogP contribution < -0.4 is 5.32 Å². The normalized spacial score (nSPS) is 21.4. The lowest BCUT2D eigenvalue weighted by Crippen LogP contribution is -2.38. The van der Waals surface area contributed by atoms with Crippen molar-refractivity contribution in [3.63, 3.8) is 0 Å². The summed E-state index contributed by atoms with van der Waals surface area (Å²) in [5.74, 6) is 0.161. The van der Waals surface area contributed by atoms with E-state index in [1.165, 1.54) is 17.9 Å². The molecule has 1 aromatic carbocycles. The molecule has 0 radical (unpaired) electrons. The monoisotopic (exact) mass is 314 g/mol. The molecule has 1 saturated heterocycles. The third-order valence-corrected chi connectivity index (χ3v) is 4.93. The second-order valence-electron chi connectivity index (χ2n) is 5.58. The van der Waals surface area contributed by atoms with Gasteiger partial charge in [0, 0.05) is 42.7 Å². The molecule has 0 amide bonds. The van der Waals surface area contributed by atoms with Gasteiger partial charge in [-0.25, -0.2) is 8.78 Å². The number of rotatable bonds is 6. The summed E-state index contributed by atoms with van der Waals surface area (Å²) in [5, 5.41) is 4.01. The number of nitrogens with one attached hydrogen (secondary N) is 1. The van der Waals surface area contributed by atoms with Crippen molar-refractivity contribution >= 4 is 11.8 Å². The molecule has 2 unspecified atom stereocenters. The summed E-state index contributed by atoms with van der Waals surface area (Å²) >= 11 is 2.01. The highest BCUT2D eigenvalue weighted by molar-refractivity contribution is 7.99. The van der Waals surface area contributed by atoms with Crippen LogP contribution in [0.15, 0.2) is 18.2 Å². The maximum absolute atomic E-state index is 13.4. The second-order valence-corrected chi connectivity index (χ2v) is 7.13. The molecule has 2 rings (SSSR count). The Morgan fingerprint density at radius 3 is 2.67 bits per heavy atom. The van der Waals surface area contributed by atoms with E-state index in [2.05, 4.69) is 17.1 Å². The van der Waals surface area contributed by atoms with Crippen LogP contribution in [0.25, 0.3) is 0 Å². The molecule has 1 aliphatic rings. The van der Waals surface area contributed by atoms with E-state index >= 15 is 0 Å². The Labute approximate surface area is 130 Å². The number of benzene rings is 1. The predicted octanol–water partition coefficient (Wildman–Crippen LogP) is 3.44. The van der Waals surface area contributed by atoms with Crippen LogP contribution >= 0.6 is 11.8 Å². The molecule has 2 nitrogen and oxygen atoms in total. The summed E-state index contributed by atoms with van der Waals surface area (Å²) in [5.41, 5.74) is 0.703. The first-order valence-corrected chi connectivity index (χ1v) is 8.66. The highest BCUT2D eigenvalue weighted by Gasteiger charge is 2.19. The number of thioether (sulfide) groups is 1. The summed E-state index contributed by atoms with van der Waals surface area (Å²) in [6, 6.07) is 3.80. The van der Waals surface area contributed by atoms with E-state index in [0.717, 1.165) is 38.7 Å². The third-order valence-electron chi connectivity index (χ3n) is 3.80. The van der Waals surface area contributed by atoms with Gasteiger partial charge >= 0.3 is 0 Å². The molecule has 0 spiro atoms. The Kier molecular flexibility index (Phi) is 6.45. The highest BCUT2D eigenvalue weighted by Crippen LogP contribution is 2.22.